The third-order valence-corrected chi connectivity index (χ3v) is 5.30. The molecule has 3 heteroatoms. The van der Waals surface area contributed by atoms with Gasteiger partial charge >= 0.3 is 0 Å². The molecule has 5 aromatic rings. The number of nitriles is 2. The Morgan fingerprint density at radius 3 is 2.00 bits per heavy atom. The van der Waals surface area contributed by atoms with Gasteiger partial charge in [-0.25, -0.2) is 0 Å². The highest BCUT2D eigenvalue weighted by Crippen LogP contribution is 2.38. The maximum Gasteiger partial charge on any atom is 0.0998 e. The number of nitrogens with zero attached hydrogens (tertiary/aromatic N) is 2. The minimum absolute atomic E-state index is 0.494. The molecular weight excluding hydrogens is 354 g/mol. The average Bonchev–Trinajstić information content (AvgIpc) is 3.17. The lowest BCUT2D eigenvalue weighted by Crippen LogP contribution is -1.93. The standard InChI is InChI=1S/C26H15N3/c27-15-19-13-18(17-7-2-1-3-8-17)14-20(16-28)25(19)23-11-6-10-22-21-9-4-5-12-24(21)29-26(22)23/h1-14,29H. The number of aromatic amines is 1. The quantitative estimate of drug-likeness (QED) is 0.391. The molecule has 134 valence electrons. The van der Waals surface area contributed by atoms with Crippen molar-refractivity contribution in [3.8, 4) is 34.4 Å². The van der Waals surface area contributed by atoms with E-state index in [1.54, 1.807) is 0 Å². The molecule has 1 heterocycles. The molecule has 0 bridgehead atoms. The van der Waals surface area contributed by atoms with E-state index in [2.05, 4.69) is 29.3 Å². The van der Waals surface area contributed by atoms with Crippen molar-refractivity contribution in [3.63, 3.8) is 0 Å². The van der Waals surface area contributed by atoms with Crippen LogP contribution in [0.15, 0.2) is 84.9 Å². The Bertz CT molecular complexity index is 1430. The summed E-state index contributed by atoms with van der Waals surface area (Å²) < 4.78 is 0. The van der Waals surface area contributed by atoms with Gasteiger partial charge in [0.2, 0.25) is 0 Å². The SMILES string of the molecule is N#Cc1cc(-c2ccccc2)cc(C#N)c1-c1cccc2c1[nH]c1ccccc12. The second-order valence-corrected chi connectivity index (χ2v) is 6.93. The zero-order chi connectivity index (χ0) is 19.8. The summed E-state index contributed by atoms with van der Waals surface area (Å²) >= 11 is 0. The van der Waals surface area contributed by atoms with Crippen LogP contribution in [0.1, 0.15) is 11.1 Å². The average molecular weight is 369 g/mol. The molecule has 0 fully saturated rings. The number of fused-ring (bicyclic) bond motifs is 3. The van der Waals surface area contributed by atoms with E-state index < -0.39 is 0 Å². The van der Waals surface area contributed by atoms with E-state index in [0.29, 0.717) is 16.7 Å². The first-order valence-electron chi connectivity index (χ1n) is 9.33. The summed E-state index contributed by atoms with van der Waals surface area (Å²) in [6.45, 7) is 0. The van der Waals surface area contributed by atoms with Gasteiger partial charge < -0.3 is 4.98 Å². The first-order chi connectivity index (χ1) is 14.3. The zero-order valence-corrected chi connectivity index (χ0v) is 15.5. The van der Waals surface area contributed by atoms with E-state index in [0.717, 1.165) is 38.5 Å². The van der Waals surface area contributed by atoms with Crippen molar-refractivity contribution in [2.24, 2.45) is 0 Å². The molecule has 3 nitrogen and oxygen atoms in total. The molecule has 0 unspecified atom stereocenters. The molecule has 0 saturated carbocycles. The summed E-state index contributed by atoms with van der Waals surface area (Å²) in [5.41, 5.74) is 6.35. The van der Waals surface area contributed by atoms with Crippen molar-refractivity contribution >= 4 is 21.8 Å². The van der Waals surface area contributed by atoms with Crippen LogP contribution in [-0.2, 0) is 0 Å². The van der Waals surface area contributed by atoms with Crippen molar-refractivity contribution in [1.82, 2.24) is 4.98 Å². The van der Waals surface area contributed by atoms with Crippen LogP contribution in [0.3, 0.4) is 0 Å². The van der Waals surface area contributed by atoms with Crippen LogP contribution in [0, 0.1) is 22.7 Å². The third-order valence-electron chi connectivity index (χ3n) is 5.30. The van der Waals surface area contributed by atoms with Crippen molar-refractivity contribution < 1.29 is 0 Å². The van der Waals surface area contributed by atoms with Gasteiger partial charge in [-0.3, -0.25) is 0 Å². The molecular formula is C26H15N3. The van der Waals surface area contributed by atoms with E-state index in [-0.39, 0.29) is 0 Å². The van der Waals surface area contributed by atoms with Gasteiger partial charge in [0.25, 0.3) is 0 Å². The lowest BCUT2D eigenvalue weighted by Gasteiger charge is -2.11. The Hall–Kier alpha value is -4.34. The highest BCUT2D eigenvalue weighted by Gasteiger charge is 2.17. The summed E-state index contributed by atoms with van der Waals surface area (Å²) in [5, 5.41) is 22.0. The van der Waals surface area contributed by atoms with E-state index in [9.17, 15) is 10.5 Å². The summed E-state index contributed by atoms with van der Waals surface area (Å²) in [4.78, 5) is 3.48. The van der Waals surface area contributed by atoms with Crippen molar-refractivity contribution in [2.45, 2.75) is 0 Å². The molecule has 0 aliphatic heterocycles. The van der Waals surface area contributed by atoms with Crippen LogP contribution in [0.2, 0.25) is 0 Å². The van der Waals surface area contributed by atoms with Gasteiger partial charge in [0.15, 0.2) is 0 Å². The number of aromatic nitrogens is 1. The molecule has 1 aromatic heterocycles. The van der Waals surface area contributed by atoms with E-state index in [1.165, 1.54) is 0 Å². The Morgan fingerprint density at radius 1 is 0.621 bits per heavy atom. The monoisotopic (exact) mass is 369 g/mol. The maximum absolute atomic E-state index is 9.91. The molecule has 0 radical (unpaired) electrons. The van der Waals surface area contributed by atoms with E-state index in [4.69, 9.17) is 0 Å². The van der Waals surface area contributed by atoms with Crippen LogP contribution in [0.4, 0.5) is 0 Å². The van der Waals surface area contributed by atoms with Crippen LogP contribution in [0.25, 0.3) is 44.1 Å². The number of hydrogen-bond donors (Lipinski definition) is 1. The number of rotatable bonds is 2. The van der Waals surface area contributed by atoms with E-state index in [1.807, 2.05) is 72.8 Å². The van der Waals surface area contributed by atoms with Gasteiger partial charge in [0.1, 0.15) is 0 Å². The molecule has 0 aliphatic rings. The predicted octanol–water partition coefficient (Wildman–Crippen LogP) is 6.40. The topological polar surface area (TPSA) is 63.4 Å². The van der Waals surface area contributed by atoms with Crippen molar-refractivity contribution in [2.75, 3.05) is 0 Å². The molecule has 4 aromatic carbocycles. The Balaban J connectivity index is 1.83. The third kappa shape index (κ3) is 2.65. The largest absolute Gasteiger partial charge is 0.354 e. The molecule has 0 spiro atoms. The first kappa shape index (κ1) is 16.8. The summed E-state index contributed by atoms with van der Waals surface area (Å²) in [5.74, 6) is 0. The van der Waals surface area contributed by atoms with Crippen LogP contribution >= 0.6 is 0 Å². The lowest BCUT2D eigenvalue weighted by atomic mass is 9.90. The van der Waals surface area contributed by atoms with Crippen molar-refractivity contribution in [1.29, 1.82) is 10.5 Å². The second-order valence-electron chi connectivity index (χ2n) is 6.93. The second kappa shape index (κ2) is 6.68. The van der Waals surface area contributed by atoms with Gasteiger partial charge in [-0.2, -0.15) is 10.5 Å². The van der Waals surface area contributed by atoms with Crippen molar-refractivity contribution in [3.05, 3.63) is 96.1 Å². The minimum Gasteiger partial charge on any atom is -0.354 e. The molecule has 0 atom stereocenters. The molecule has 5 rings (SSSR count). The number of para-hydroxylation sites is 2. The lowest BCUT2D eigenvalue weighted by molar-refractivity contribution is 1.43. The van der Waals surface area contributed by atoms with Gasteiger partial charge in [-0.15, -0.1) is 0 Å². The molecule has 0 aliphatic carbocycles. The fourth-order valence-corrected chi connectivity index (χ4v) is 3.99. The summed E-state index contributed by atoms with van der Waals surface area (Å²) in [6.07, 6.45) is 0. The minimum atomic E-state index is 0.494. The summed E-state index contributed by atoms with van der Waals surface area (Å²) in [6, 6.07) is 32.3. The number of H-pyrrole nitrogens is 1. The number of nitrogens with one attached hydrogen (secondary N) is 1. The Labute approximate surface area is 168 Å². The van der Waals surface area contributed by atoms with Gasteiger partial charge in [0, 0.05) is 27.4 Å². The van der Waals surface area contributed by atoms with Crippen LogP contribution < -0.4 is 0 Å². The maximum atomic E-state index is 9.91. The Morgan fingerprint density at radius 2 is 1.28 bits per heavy atom. The fraction of sp³-hybridized carbons (Fsp3) is 0. The zero-order valence-electron chi connectivity index (χ0n) is 15.5. The Kier molecular flexibility index (Phi) is 3.87. The molecule has 0 saturated heterocycles. The number of hydrogen-bond acceptors (Lipinski definition) is 2. The number of benzene rings is 4. The van der Waals surface area contributed by atoms with E-state index >= 15 is 0 Å². The highest BCUT2D eigenvalue weighted by molar-refractivity contribution is 6.12. The smallest absolute Gasteiger partial charge is 0.0998 e. The summed E-state index contributed by atoms with van der Waals surface area (Å²) in [7, 11) is 0. The first-order valence-corrected chi connectivity index (χ1v) is 9.33. The van der Waals surface area contributed by atoms with Gasteiger partial charge in [-0.1, -0.05) is 66.7 Å². The molecule has 1 N–H and O–H groups in total. The van der Waals surface area contributed by atoms with Crippen LogP contribution in [0.5, 0.6) is 0 Å². The fourth-order valence-electron chi connectivity index (χ4n) is 3.99. The molecule has 29 heavy (non-hydrogen) atoms. The van der Waals surface area contributed by atoms with Crippen LogP contribution in [-0.4, -0.2) is 4.98 Å². The van der Waals surface area contributed by atoms with Gasteiger partial charge in [-0.05, 0) is 29.3 Å². The van der Waals surface area contributed by atoms with Gasteiger partial charge in [0.05, 0.1) is 28.8 Å². The normalized spacial score (nSPS) is 10.7. The highest BCUT2D eigenvalue weighted by atomic mass is 14.7. The molecule has 0 amide bonds. The predicted molar refractivity (Wildman–Crippen MR) is 116 cm³/mol.